The van der Waals surface area contributed by atoms with Gasteiger partial charge in [-0.25, -0.2) is 0 Å². The van der Waals surface area contributed by atoms with E-state index in [1.165, 1.54) is 0 Å². The molecule has 2 nitrogen and oxygen atoms in total. The van der Waals surface area contributed by atoms with E-state index in [2.05, 4.69) is 31.9 Å². The van der Waals surface area contributed by atoms with Crippen LogP contribution in [0.3, 0.4) is 0 Å². The lowest BCUT2D eigenvalue weighted by molar-refractivity contribution is 0.729. The van der Waals surface area contributed by atoms with Crippen molar-refractivity contribution in [3.63, 3.8) is 0 Å². The number of pyridine rings is 1. The van der Waals surface area contributed by atoms with Crippen molar-refractivity contribution >= 4 is 31.9 Å². The van der Waals surface area contributed by atoms with Crippen LogP contribution < -0.4 is 5.56 Å². The minimum absolute atomic E-state index is 0.0812. The van der Waals surface area contributed by atoms with E-state index in [0.29, 0.717) is 6.54 Å². The molecule has 0 radical (unpaired) electrons. The summed E-state index contributed by atoms with van der Waals surface area (Å²) < 4.78 is 2.63. The van der Waals surface area contributed by atoms with Crippen molar-refractivity contribution in [2.45, 2.75) is 13.5 Å². The molecule has 1 heterocycles. The summed E-state index contributed by atoms with van der Waals surface area (Å²) in [5, 5.41) is 0.794. The molecule has 0 fully saturated rings. The van der Waals surface area contributed by atoms with Crippen LogP contribution in [0.15, 0.2) is 21.5 Å². The number of hydrogen-bond acceptors (Lipinski definition) is 1. The summed E-state index contributed by atoms with van der Waals surface area (Å²) in [7, 11) is 0. The molecule has 1 rings (SSSR count). The Balaban J connectivity index is 3.19. The first kappa shape index (κ1) is 9.99. The fourth-order valence-electron chi connectivity index (χ4n) is 0.997. The van der Waals surface area contributed by atoms with E-state index in [4.69, 9.17) is 0 Å². The van der Waals surface area contributed by atoms with Crippen LogP contribution in [0.25, 0.3) is 0 Å². The van der Waals surface area contributed by atoms with Gasteiger partial charge in [0.15, 0.2) is 0 Å². The standard InChI is InChI=1S/C8H9Br2NO/c1-6-4-7(10)5-11(3-2-9)8(6)12/h4-5H,2-3H2,1H3. The van der Waals surface area contributed by atoms with Crippen LogP contribution in [0.2, 0.25) is 0 Å². The maximum absolute atomic E-state index is 11.4. The molecule has 12 heavy (non-hydrogen) atoms. The smallest absolute Gasteiger partial charge is 0.253 e. The van der Waals surface area contributed by atoms with Crippen molar-refractivity contribution in [1.82, 2.24) is 4.57 Å². The number of aromatic nitrogens is 1. The Morgan fingerprint density at radius 3 is 2.83 bits per heavy atom. The molecule has 0 aliphatic heterocycles. The molecule has 0 unspecified atom stereocenters. The minimum Gasteiger partial charge on any atom is -0.313 e. The minimum atomic E-state index is 0.0812. The van der Waals surface area contributed by atoms with Crippen molar-refractivity contribution in [3.05, 3.63) is 32.7 Å². The van der Waals surface area contributed by atoms with Crippen molar-refractivity contribution in [1.29, 1.82) is 0 Å². The third-order valence-corrected chi connectivity index (χ3v) is 2.35. The van der Waals surface area contributed by atoms with E-state index in [-0.39, 0.29) is 5.56 Å². The number of rotatable bonds is 2. The highest BCUT2D eigenvalue weighted by molar-refractivity contribution is 9.10. The Hall–Kier alpha value is -0.0900. The molecule has 0 spiro atoms. The van der Waals surface area contributed by atoms with Crippen LogP contribution in [-0.2, 0) is 6.54 Å². The summed E-state index contributed by atoms with van der Waals surface area (Å²) >= 11 is 6.64. The van der Waals surface area contributed by atoms with Gasteiger partial charge in [0.25, 0.3) is 5.56 Å². The number of alkyl halides is 1. The molecule has 0 N–H and O–H groups in total. The number of nitrogens with zero attached hydrogens (tertiary/aromatic N) is 1. The molecule has 0 saturated carbocycles. The molecule has 0 aliphatic carbocycles. The van der Waals surface area contributed by atoms with Gasteiger partial charge in [-0.2, -0.15) is 0 Å². The van der Waals surface area contributed by atoms with Crippen LogP contribution in [0, 0.1) is 6.92 Å². The summed E-state index contributed by atoms with van der Waals surface area (Å²) in [4.78, 5) is 11.4. The van der Waals surface area contributed by atoms with Crippen molar-refractivity contribution < 1.29 is 0 Å². The Bertz CT molecular complexity index is 332. The maximum Gasteiger partial charge on any atom is 0.253 e. The highest BCUT2D eigenvalue weighted by Gasteiger charge is 1.99. The average Bonchev–Trinajstić information content (AvgIpc) is 2.00. The zero-order chi connectivity index (χ0) is 9.14. The summed E-state index contributed by atoms with van der Waals surface area (Å²) in [5.41, 5.74) is 0.850. The van der Waals surface area contributed by atoms with Gasteiger partial charge in [0.1, 0.15) is 0 Å². The summed E-state index contributed by atoms with van der Waals surface area (Å²) in [5.74, 6) is 0. The molecule has 0 atom stereocenters. The number of aryl methyl sites for hydroxylation is 2. The molecule has 0 aromatic carbocycles. The second-order valence-corrected chi connectivity index (χ2v) is 4.24. The van der Waals surface area contributed by atoms with Crippen molar-refractivity contribution in [2.75, 3.05) is 5.33 Å². The summed E-state index contributed by atoms with van der Waals surface area (Å²) in [6.45, 7) is 2.52. The van der Waals surface area contributed by atoms with Crippen LogP contribution in [-0.4, -0.2) is 9.90 Å². The van der Waals surface area contributed by atoms with Gasteiger partial charge in [-0.1, -0.05) is 15.9 Å². The zero-order valence-electron chi connectivity index (χ0n) is 6.68. The van der Waals surface area contributed by atoms with Gasteiger partial charge in [0.2, 0.25) is 0 Å². The van der Waals surface area contributed by atoms with Gasteiger partial charge in [-0.3, -0.25) is 4.79 Å². The third-order valence-electron chi connectivity index (χ3n) is 1.56. The predicted octanol–water partition coefficient (Wildman–Crippen LogP) is 2.31. The lowest BCUT2D eigenvalue weighted by atomic mass is 10.3. The first-order valence-electron chi connectivity index (χ1n) is 3.57. The van der Waals surface area contributed by atoms with Crippen LogP contribution in [0.4, 0.5) is 0 Å². The first-order valence-corrected chi connectivity index (χ1v) is 5.49. The van der Waals surface area contributed by atoms with Gasteiger partial charge in [0.05, 0.1) is 0 Å². The number of halogens is 2. The quantitative estimate of drug-likeness (QED) is 0.767. The normalized spacial score (nSPS) is 10.2. The molecule has 1 aromatic rings. The van der Waals surface area contributed by atoms with Gasteiger partial charge >= 0.3 is 0 Å². The van der Waals surface area contributed by atoms with Gasteiger partial charge in [0, 0.05) is 28.1 Å². The monoisotopic (exact) mass is 293 g/mol. The second kappa shape index (κ2) is 4.23. The van der Waals surface area contributed by atoms with E-state index in [9.17, 15) is 4.79 Å². The van der Waals surface area contributed by atoms with E-state index in [0.717, 1.165) is 15.4 Å². The first-order chi connectivity index (χ1) is 5.65. The largest absolute Gasteiger partial charge is 0.313 e. The SMILES string of the molecule is Cc1cc(Br)cn(CCBr)c1=O. The second-order valence-electron chi connectivity index (χ2n) is 2.53. The lowest BCUT2D eigenvalue weighted by Gasteiger charge is -2.04. The molecule has 66 valence electrons. The predicted molar refractivity (Wildman–Crippen MR) is 56.9 cm³/mol. The molecule has 0 aliphatic rings. The van der Waals surface area contributed by atoms with Crippen molar-refractivity contribution in [2.24, 2.45) is 0 Å². The molecule has 0 amide bonds. The average molecular weight is 295 g/mol. The van der Waals surface area contributed by atoms with Gasteiger partial charge in [-0.15, -0.1) is 0 Å². The Morgan fingerprint density at radius 2 is 2.25 bits per heavy atom. The van der Waals surface area contributed by atoms with E-state index in [1.54, 1.807) is 10.8 Å². The van der Waals surface area contributed by atoms with Gasteiger partial charge in [-0.05, 0) is 28.9 Å². The van der Waals surface area contributed by atoms with Crippen LogP contribution >= 0.6 is 31.9 Å². The topological polar surface area (TPSA) is 22.0 Å². The molecular formula is C8H9Br2NO. The Labute approximate surface area is 87.9 Å². The van der Waals surface area contributed by atoms with Gasteiger partial charge < -0.3 is 4.57 Å². The summed E-state index contributed by atoms with van der Waals surface area (Å²) in [6.07, 6.45) is 1.80. The van der Waals surface area contributed by atoms with E-state index in [1.807, 2.05) is 13.0 Å². The van der Waals surface area contributed by atoms with Crippen LogP contribution in [0.1, 0.15) is 5.56 Å². The molecule has 0 saturated heterocycles. The molecule has 1 aromatic heterocycles. The molecule has 4 heteroatoms. The molecular weight excluding hydrogens is 286 g/mol. The highest BCUT2D eigenvalue weighted by Crippen LogP contribution is 2.07. The fourth-order valence-corrected chi connectivity index (χ4v) is 1.97. The zero-order valence-corrected chi connectivity index (χ0v) is 9.85. The highest BCUT2D eigenvalue weighted by atomic mass is 79.9. The lowest BCUT2D eigenvalue weighted by Crippen LogP contribution is -2.22. The van der Waals surface area contributed by atoms with Crippen molar-refractivity contribution in [3.8, 4) is 0 Å². The number of hydrogen-bond donors (Lipinski definition) is 0. The molecule has 0 bridgehead atoms. The third kappa shape index (κ3) is 2.20. The fraction of sp³-hybridized carbons (Fsp3) is 0.375. The Morgan fingerprint density at radius 1 is 1.58 bits per heavy atom. The Kier molecular flexibility index (Phi) is 3.53. The van der Waals surface area contributed by atoms with E-state index >= 15 is 0 Å². The maximum atomic E-state index is 11.4. The van der Waals surface area contributed by atoms with Crippen LogP contribution in [0.5, 0.6) is 0 Å². The summed E-state index contributed by atoms with van der Waals surface area (Å²) in [6, 6.07) is 1.83. The van der Waals surface area contributed by atoms with E-state index < -0.39 is 0 Å².